The molecule has 0 bridgehead atoms. The summed E-state index contributed by atoms with van der Waals surface area (Å²) in [5.74, 6) is -0.938. The first kappa shape index (κ1) is 28.5. The minimum absolute atomic E-state index is 0.00630. The van der Waals surface area contributed by atoms with Gasteiger partial charge < -0.3 is 10.2 Å². The molecule has 3 rings (SSSR count). The zero-order valence-electron chi connectivity index (χ0n) is 21.0. The zero-order chi connectivity index (χ0) is 27.3. The quantitative estimate of drug-likeness (QED) is 0.399. The molecule has 1 atom stereocenters. The van der Waals surface area contributed by atoms with Crippen LogP contribution in [-0.2, 0) is 26.2 Å². The van der Waals surface area contributed by atoms with Crippen LogP contribution in [-0.4, -0.2) is 44.8 Å². The van der Waals surface area contributed by atoms with Crippen LogP contribution < -0.4 is 9.62 Å². The van der Waals surface area contributed by atoms with Gasteiger partial charge in [0.25, 0.3) is 10.0 Å². The molecule has 37 heavy (non-hydrogen) atoms. The number of rotatable bonds is 9. The van der Waals surface area contributed by atoms with Crippen LogP contribution in [0.4, 0.5) is 5.69 Å². The van der Waals surface area contributed by atoms with E-state index < -0.39 is 28.5 Å². The maximum absolute atomic E-state index is 13.8. The van der Waals surface area contributed by atoms with Crippen LogP contribution in [0, 0.1) is 13.8 Å². The van der Waals surface area contributed by atoms with Gasteiger partial charge in [-0.25, -0.2) is 8.42 Å². The summed E-state index contributed by atoms with van der Waals surface area (Å²) in [6, 6.07) is 17.3. The summed E-state index contributed by atoms with van der Waals surface area (Å²) in [4.78, 5) is 27.7. The van der Waals surface area contributed by atoms with Gasteiger partial charge in [0, 0.05) is 23.6 Å². The summed E-state index contributed by atoms with van der Waals surface area (Å²) < 4.78 is 28.5. The third-order valence-corrected chi connectivity index (χ3v) is 8.26. The maximum atomic E-state index is 13.8. The molecule has 7 nitrogen and oxygen atoms in total. The van der Waals surface area contributed by atoms with Crippen molar-refractivity contribution in [2.45, 2.75) is 38.3 Å². The van der Waals surface area contributed by atoms with Crippen LogP contribution in [0.1, 0.15) is 23.6 Å². The number of benzene rings is 3. The average Bonchev–Trinajstić information content (AvgIpc) is 2.85. The van der Waals surface area contributed by atoms with Crippen molar-refractivity contribution in [2.24, 2.45) is 0 Å². The van der Waals surface area contributed by atoms with Gasteiger partial charge in [-0.2, -0.15) is 0 Å². The first-order chi connectivity index (χ1) is 17.4. The van der Waals surface area contributed by atoms with Gasteiger partial charge in [-0.05, 0) is 62.2 Å². The highest BCUT2D eigenvalue weighted by molar-refractivity contribution is 7.92. The third-order valence-electron chi connectivity index (χ3n) is 6.04. The molecule has 0 aliphatic carbocycles. The second-order valence-corrected chi connectivity index (χ2v) is 11.4. The molecular weight excluding hydrogens is 533 g/mol. The van der Waals surface area contributed by atoms with E-state index in [0.717, 1.165) is 21.0 Å². The number of hydrogen-bond donors (Lipinski definition) is 1. The van der Waals surface area contributed by atoms with Gasteiger partial charge in [0.15, 0.2) is 0 Å². The van der Waals surface area contributed by atoms with Crippen LogP contribution in [0.25, 0.3) is 0 Å². The molecule has 1 N–H and O–H groups in total. The Morgan fingerprint density at radius 1 is 0.946 bits per heavy atom. The molecule has 3 aromatic rings. The molecule has 0 saturated carbocycles. The van der Waals surface area contributed by atoms with E-state index in [4.69, 9.17) is 23.2 Å². The van der Waals surface area contributed by atoms with Crippen molar-refractivity contribution in [3.63, 3.8) is 0 Å². The molecule has 0 radical (unpaired) electrons. The Morgan fingerprint density at radius 2 is 1.54 bits per heavy atom. The zero-order valence-corrected chi connectivity index (χ0v) is 23.4. The van der Waals surface area contributed by atoms with Crippen LogP contribution in [0.2, 0.25) is 10.0 Å². The third kappa shape index (κ3) is 6.83. The highest BCUT2D eigenvalue weighted by Crippen LogP contribution is 2.30. The van der Waals surface area contributed by atoms with Crippen molar-refractivity contribution in [3.8, 4) is 0 Å². The SMILES string of the molecule is CNC(=O)[C@@H](C)N(Cc1ccccc1C)C(=O)CN(c1cc(Cl)cc(Cl)c1)S(=O)(=O)c1ccc(C)cc1. The number of carbonyl (C=O) groups is 2. The number of nitrogens with one attached hydrogen (secondary N) is 1. The molecule has 0 saturated heterocycles. The van der Waals surface area contributed by atoms with Gasteiger partial charge in [-0.3, -0.25) is 13.9 Å². The number of amides is 2. The van der Waals surface area contributed by atoms with Crippen LogP contribution in [0.3, 0.4) is 0 Å². The normalized spacial score (nSPS) is 12.1. The van der Waals surface area contributed by atoms with Crippen molar-refractivity contribution in [3.05, 3.63) is 93.5 Å². The summed E-state index contributed by atoms with van der Waals surface area (Å²) in [5.41, 5.74) is 2.80. The molecular formula is C27H29Cl2N3O4S. The molecule has 196 valence electrons. The van der Waals surface area contributed by atoms with Crippen LogP contribution in [0.15, 0.2) is 71.6 Å². The highest BCUT2D eigenvalue weighted by Gasteiger charge is 2.32. The molecule has 0 aliphatic heterocycles. The number of halogens is 2. The average molecular weight is 563 g/mol. The van der Waals surface area contributed by atoms with Crippen molar-refractivity contribution in [1.29, 1.82) is 0 Å². The fourth-order valence-electron chi connectivity index (χ4n) is 3.81. The summed E-state index contributed by atoms with van der Waals surface area (Å²) in [6.07, 6.45) is 0. The Labute approximate surface area is 228 Å². The number of aryl methyl sites for hydroxylation is 2. The Hall–Kier alpha value is -3.07. The smallest absolute Gasteiger partial charge is 0.264 e. The van der Waals surface area contributed by atoms with E-state index in [1.807, 2.05) is 38.1 Å². The second kappa shape index (κ2) is 12.0. The predicted molar refractivity (Wildman–Crippen MR) is 147 cm³/mol. The van der Waals surface area contributed by atoms with Crippen molar-refractivity contribution < 1.29 is 18.0 Å². The first-order valence-corrected chi connectivity index (χ1v) is 13.7. The summed E-state index contributed by atoms with van der Waals surface area (Å²) in [7, 11) is -2.71. The summed E-state index contributed by atoms with van der Waals surface area (Å²) in [6.45, 7) is 4.90. The number of nitrogens with zero attached hydrogens (tertiary/aromatic N) is 2. The number of carbonyl (C=O) groups excluding carboxylic acids is 2. The first-order valence-electron chi connectivity index (χ1n) is 11.5. The van der Waals surface area contributed by atoms with Gasteiger partial charge in [0.1, 0.15) is 12.6 Å². The number of anilines is 1. The molecule has 0 aliphatic rings. The van der Waals surface area contributed by atoms with Crippen LogP contribution in [0.5, 0.6) is 0 Å². The standard InChI is InChI=1S/C27H29Cl2N3O4S/c1-18-9-11-25(12-10-18)37(35,36)32(24-14-22(28)13-23(29)15-24)17-26(33)31(20(3)27(34)30-4)16-21-8-6-5-7-19(21)2/h5-15,20H,16-17H2,1-4H3,(H,30,34)/t20-/m1/s1. The van der Waals surface area contributed by atoms with E-state index in [2.05, 4.69) is 5.32 Å². The van der Waals surface area contributed by atoms with Crippen molar-refractivity contribution in [1.82, 2.24) is 10.2 Å². The fourth-order valence-corrected chi connectivity index (χ4v) is 5.72. The fraction of sp³-hybridized carbons (Fsp3) is 0.259. The lowest BCUT2D eigenvalue weighted by atomic mass is 10.1. The Bertz CT molecular complexity index is 1370. The molecule has 3 aromatic carbocycles. The minimum Gasteiger partial charge on any atom is -0.357 e. The lowest BCUT2D eigenvalue weighted by molar-refractivity contribution is -0.139. The lowest BCUT2D eigenvalue weighted by Gasteiger charge is -2.32. The van der Waals surface area contributed by atoms with E-state index in [0.29, 0.717) is 0 Å². The summed E-state index contributed by atoms with van der Waals surface area (Å²) >= 11 is 12.4. The van der Waals surface area contributed by atoms with E-state index in [1.54, 1.807) is 19.1 Å². The minimum atomic E-state index is -4.20. The van der Waals surface area contributed by atoms with Crippen molar-refractivity contribution in [2.75, 3.05) is 17.9 Å². The number of likely N-dealkylation sites (N-methyl/N-ethyl adjacent to an activating group) is 1. The Kier molecular flexibility index (Phi) is 9.23. The maximum Gasteiger partial charge on any atom is 0.264 e. The molecule has 2 amide bonds. The second-order valence-electron chi connectivity index (χ2n) is 8.69. The van der Waals surface area contributed by atoms with Crippen LogP contribution >= 0.6 is 23.2 Å². The van der Waals surface area contributed by atoms with E-state index >= 15 is 0 Å². The molecule has 0 heterocycles. The monoisotopic (exact) mass is 561 g/mol. The number of hydrogen-bond acceptors (Lipinski definition) is 4. The molecule has 0 aromatic heterocycles. The number of sulfonamides is 1. The highest BCUT2D eigenvalue weighted by atomic mass is 35.5. The van der Waals surface area contributed by atoms with Gasteiger partial charge in [0.2, 0.25) is 11.8 Å². The van der Waals surface area contributed by atoms with Gasteiger partial charge in [-0.15, -0.1) is 0 Å². The van der Waals surface area contributed by atoms with Gasteiger partial charge >= 0.3 is 0 Å². The Morgan fingerprint density at radius 3 is 2.11 bits per heavy atom. The largest absolute Gasteiger partial charge is 0.357 e. The van der Waals surface area contributed by atoms with Gasteiger partial charge in [0.05, 0.1) is 10.6 Å². The Balaban J connectivity index is 2.08. The van der Waals surface area contributed by atoms with E-state index in [9.17, 15) is 18.0 Å². The molecule has 10 heteroatoms. The molecule has 0 spiro atoms. The lowest BCUT2D eigenvalue weighted by Crippen LogP contribution is -2.50. The topological polar surface area (TPSA) is 86.8 Å². The van der Waals surface area contributed by atoms with E-state index in [-0.39, 0.29) is 33.1 Å². The van der Waals surface area contributed by atoms with Gasteiger partial charge in [-0.1, -0.05) is 65.2 Å². The van der Waals surface area contributed by atoms with Crippen molar-refractivity contribution >= 4 is 50.7 Å². The van der Waals surface area contributed by atoms with E-state index in [1.165, 1.54) is 42.3 Å². The summed E-state index contributed by atoms with van der Waals surface area (Å²) in [5, 5.41) is 3.00. The molecule has 0 fully saturated rings. The molecule has 0 unspecified atom stereocenters. The predicted octanol–water partition coefficient (Wildman–Crippen LogP) is 4.97.